The molecule has 1 aromatic carbocycles. The molecule has 0 aliphatic heterocycles. The van der Waals surface area contributed by atoms with Gasteiger partial charge in [-0.25, -0.2) is 0 Å². The molecule has 0 unspecified atom stereocenters. The summed E-state index contributed by atoms with van der Waals surface area (Å²) in [4.78, 5) is 25.9. The Kier molecular flexibility index (Phi) is 6.88. The van der Waals surface area contributed by atoms with E-state index in [-0.39, 0.29) is 24.2 Å². The zero-order valence-electron chi connectivity index (χ0n) is 11.8. The Hall–Kier alpha value is -1.20. The number of ether oxygens (including phenoxy) is 1. The van der Waals surface area contributed by atoms with Crippen LogP contribution >= 0.6 is 23.4 Å². The number of amides is 1. The van der Waals surface area contributed by atoms with Gasteiger partial charge in [-0.05, 0) is 38.1 Å². The van der Waals surface area contributed by atoms with Gasteiger partial charge in [-0.15, -0.1) is 11.8 Å². The Bertz CT molecular complexity index is 462. The van der Waals surface area contributed by atoms with Crippen molar-refractivity contribution in [2.75, 3.05) is 19.4 Å². The molecule has 20 heavy (non-hydrogen) atoms. The average Bonchev–Trinajstić information content (AvgIpc) is 2.43. The third-order valence-electron chi connectivity index (χ3n) is 2.65. The molecule has 0 aromatic heterocycles. The smallest absolute Gasteiger partial charge is 0.325 e. The van der Waals surface area contributed by atoms with Crippen molar-refractivity contribution in [3.8, 4) is 0 Å². The van der Waals surface area contributed by atoms with Crippen molar-refractivity contribution < 1.29 is 14.3 Å². The van der Waals surface area contributed by atoms with Gasteiger partial charge in [-0.3, -0.25) is 9.59 Å². The van der Waals surface area contributed by atoms with Crippen LogP contribution in [0.15, 0.2) is 29.2 Å². The number of carbonyl (C=O) groups excluding carboxylic acids is 2. The van der Waals surface area contributed by atoms with Crippen LogP contribution in [0, 0.1) is 0 Å². The predicted octanol–water partition coefficient (Wildman–Crippen LogP) is 2.84. The first-order valence-corrected chi connectivity index (χ1v) is 7.55. The summed E-state index contributed by atoms with van der Waals surface area (Å²) in [5.74, 6) is -0.231. The van der Waals surface area contributed by atoms with Gasteiger partial charge in [-0.2, -0.15) is 0 Å². The Morgan fingerprint density at radius 3 is 2.40 bits per heavy atom. The van der Waals surface area contributed by atoms with E-state index >= 15 is 0 Å². The first-order valence-electron chi connectivity index (χ1n) is 6.18. The fraction of sp³-hybridized carbons (Fsp3) is 0.429. The molecule has 0 saturated carbocycles. The minimum atomic E-state index is -0.413. The van der Waals surface area contributed by atoms with Gasteiger partial charge in [0.1, 0.15) is 6.54 Å². The van der Waals surface area contributed by atoms with E-state index in [1.165, 1.54) is 23.8 Å². The van der Waals surface area contributed by atoms with E-state index in [4.69, 9.17) is 11.6 Å². The minimum absolute atomic E-state index is 0.0197. The zero-order chi connectivity index (χ0) is 15.1. The first-order chi connectivity index (χ1) is 9.43. The molecular weight excluding hydrogens is 298 g/mol. The van der Waals surface area contributed by atoms with Crippen LogP contribution in [0.4, 0.5) is 0 Å². The lowest BCUT2D eigenvalue weighted by molar-refractivity contribution is -0.147. The van der Waals surface area contributed by atoms with E-state index in [1.54, 1.807) is 12.1 Å². The zero-order valence-corrected chi connectivity index (χ0v) is 13.3. The van der Waals surface area contributed by atoms with Gasteiger partial charge in [0, 0.05) is 16.0 Å². The van der Waals surface area contributed by atoms with Crippen molar-refractivity contribution in [2.45, 2.75) is 24.8 Å². The molecule has 0 aliphatic carbocycles. The van der Waals surface area contributed by atoms with E-state index in [1.807, 2.05) is 26.0 Å². The van der Waals surface area contributed by atoms with E-state index in [0.29, 0.717) is 5.02 Å². The van der Waals surface area contributed by atoms with Crippen molar-refractivity contribution in [3.63, 3.8) is 0 Å². The monoisotopic (exact) mass is 315 g/mol. The highest BCUT2D eigenvalue weighted by atomic mass is 35.5. The number of nitrogens with zero attached hydrogens (tertiary/aromatic N) is 1. The van der Waals surface area contributed by atoms with E-state index in [0.717, 1.165) is 4.90 Å². The summed E-state index contributed by atoms with van der Waals surface area (Å²) in [5, 5.41) is 0.662. The molecule has 0 fully saturated rings. The topological polar surface area (TPSA) is 46.6 Å². The Balaban J connectivity index is 2.57. The van der Waals surface area contributed by atoms with Gasteiger partial charge >= 0.3 is 5.97 Å². The highest BCUT2D eigenvalue weighted by Crippen LogP contribution is 2.21. The number of esters is 1. The molecule has 0 spiro atoms. The minimum Gasteiger partial charge on any atom is -0.468 e. The number of carbonyl (C=O) groups is 2. The van der Waals surface area contributed by atoms with Crippen LogP contribution in [0.25, 0.3) is 0 Å². The maximum Gasteiger partial charge on any atom is 0.325 e. The van der Waals surface area contributed by atoms with E-state index < -0.39 is 5.97 Å². The number of halogens is 1. The molecule has 0 bridgehead atoms. The number of methoxy groups -OCH3 is 1. The predicted molar refractivity (Wildman–Crippen MR) is 81.0 cm³/mol. The molecule has 0 radical (unpaired) electrons. The quantitative estimate of drug-likeness (QED) is 0.598. The number of hydrogen-bond acceptors (Lipinski definition) is 4. The van der Waals surface area contributed by atoms with Crippen LogP contribution in [0.5, 0.6) is 0 Å². The summed E-state index contributed by atoms with van der Waals surface area (Å²) in [6.45, 7) is 3.72. The van der Waals surface area contributed by atoms with Gasteiger partial charge in [0.25, 0.3) is 0 Å². The Morgan fingerprint density at radius 1 is 1.30 bits per heavy atom. The maximum atomic E-state index is 12.1. The highest BCUT2D eigenvalue weighted by Gasteiger charge is 2.20. The van der Waals surface area contributed by atoms with Gasteiger partial charge in [-0.1, -0.05) is 11.6 Å². The van der Waals surface area contributed by atoms with Crippen LogP contribution in [0.3, 0.4) is 0 Å². The summed E-state index contributed by atoms with van der Waals surface area (Å²) in [6.07, 6.45) is 0. The fourth-order valence-corrected chi connectivity index (χ4v) is 2.43. The molecule has 1 rings (SSSR count). The van der Waals surface area contributed by atoms with Crippen LogP contribution in [-0.4, -0.2) is 42.2 Å². The first kappa shape index (κ1) is 16.9. The Morgan fingerprint density at radius 2 is 1.90 bits per heavy atom. The number of thioether (sulfide) groups is 1. The third-order valence-corrected chi connectivity index (χ3v) is 3.90. The largest absolute Gasteiger partial charge is 0.468 e. The molecular formula is C14H18ClNO3S. The molecule has 6 heteroatoms. The average molecular weight is 316 g/mol. The maximum absolute atomic E-state index is 12.1. The molecule has 0 N–H and O–H groups in total. The van der Waals surface area contributed by atoms with Crippen molar-refractivity contribution in [2.24, 2.45) is 0 Å². The summed E-state index contributed by atoms with van der Waals surface area (Å²) < 4.78 is 4.60. The molecule has 0 atom stereocenters. The van der Waals surface area contributed by atoms with Gasteiger partial charge in [0.15, 0.2) is 0 Å². The summed E-state index contributed by atoms with van der Waals surface area (Å²) >= 11 is 7.22. The summed E-state index contributed by atoms with van der Waals surface area (Å²) in [5.41, 5.74) is 0. The summed E-state index contributed by atoms with van der Waals surface area (Å²) in [6, 6.07) is 7.24. The highest BCUT2D eigenvalue weighted by molar-refractivity contribution is 8.00. The number of rotatable bonds is 6. The van der Waals surface area contributed by atoms with Gasteiger partial charge in [0.05, 0.1) is 12.9 Å². The third kappa shape index (κ3) is 5.43. The standard InChI is InChI=1S/C14H18ClNO3S/c1-10(2)16(8-14(18)19-3)13(17)9-20-12-6-4-11(15)5-7-12/h4-7,10H,8-9H2,1-3H3. The fourth-order valence-electron chi connectivity index (χ4n) is 1.52. The lowest BCUT2D eigenvalue weighted by atomic mass is 10.3. The van der Waals surface area contributed by atoms with Crippen LogP contribution < -0.4 is 0 Å². The van der Waals surface area contributed by atoms with E-state index in [2.05, 4.69) is 4.74 Å². The molecule has 0 aliphatic rings. The molecule has 110 valence electrons. The second kappa shape index (κ2) is 8.17. The van der Waals surface area contributed by atoms with Gasteiger partial charge in [0.2, 0.25) is 5.91 Å². The number of hydrogen-bond donors (Lipinski definition) is 0. The lowest BCUT2D eigenvalue weighted by Crippen LogP contribution is -2.42. The van der Waals surface area contributed by atoms with Crippen molar-refractivity contribution in [3.05, 3.63) is 29.3 Å². The Labute approximate surface area is 128 Å². The summed E-state index contributed by atoms with van der Waals surface area (Å²) in [7, 11) is 1.31. The van der Waals surface area contributed by atoms with Gasteiger partial charge < -0.3 is 9.64 Å². The number of benzene rings is 1. The second-order valence-electron chi connectivity index (χ2n) is 4.43. The van der Waals surface area contributed by atoms with Crippen LogP contribution in [0.1, 0.15) is 13.8 Å². The SMILES string of the molecule is COC(=O)CN(C(=O)CSc1ccc(Cl)cc1)C(C)C. The molecule has 1 aromatic rings. The molecule has 4 nitrogen and oxygen atoms in total. The van der Waals surface area contributed by atoms with Crippen molar-refractivity contribution >= 4 is 35.2 Å². The second-order valence-corrected chi connectivity index (χ2v) is 5.92. The lowest BCUT2D eigenvalue weighted by Gasteiger charge is -2.25. The molecule has 0 heterocycles. The van der Waals surface area contributed by atoms with Crippen LogP contribution in [-0.2, 0) is 14.3 Å². The van der Waals surface area contributed by atoms with Crippen molar-refractivity contribution in [1.82, 2.24) is 4.90 Å². The molecule has 0 saturated heterocycles. The molecule has 1 amide bonds. The van der Waals surface area contributed by atoms with E-state index in [9.17, 15) is 9.59 Å². The van der Waals surface area contributed by atoms with Crippen molar-refractivity contribution in [1.29, 1.82) is 0 Å². The normalized spacial score (nSPS) is 10.4. The van der Waals surface area contributed by atoms with Crippen LogP contribution in [0.2, 0.25) is 5.02 Å².